The lowest BCUT2D eigenvalue weighted by atomic mass is 10.1. The van der Waals surface area contributed by atoms with E-state index in [-0.39, 0.29) is 5.97 Å². The maximum atomic E-state index is 11.7. The number of cyclic esters (lactones) is 1. The van der Waals surface area contributed by atoms with Gasteiger partial charge in [0.2, 0.25) is 11.1 Å². The standard InChI is InChI=1S/C18H14N4O2S/c23-16-14-9-13(6-5-12(14)10-24-16)19-17-20-18(25-21-17)22-8-7-11-3-1-2-4-15(11)22/h1-6,9H,7-8,10H2,(H,19,21). The molecule has 25 heavy (non-hydrogen) atoms. The van der Waals surface area contributed by atoms with Gasteiger partial charge >= 0.3 is 5.97 Å². The van der Waals surface area contributed by atoms with E-state index < -0.39 is 0 Å². The van der Waals surface area contributed by atoms with Crippen LogP contribution >= 0.6 is 11.5 Å². The molecule has 6 nitrogen and oxygen atoms in total. The molecule has 3 heterocycles. The van der Waals surface area contributed by atoms with Crippen molar-refractivity contribution in [3.05, 3.63) is 59.2 Å². The molecule has 1 N–H and O–H groups in total. The van der Waals surface area contributed by atoms with Gasteiger partial charge < -0.3 is 15.0 Å². The van der Waals surface area contributed by atoms with Crippen LogP contribution in [0, 0.1) is 0 Å². The smallest absolute Gasteiger partial charge is 0.338 e. The number of anilines is 4. The number of esters is 1. The monoisotopic (exact) mass is 350 g/mol. The summed E-state index contributed by atoms with van der Waals surface area (Å²) in [6.07, 6.45) is 1.02. The first-order valence-electron chi connectivity index (χ1n) is 8.04. The van der Waals surface area contributed by atoms with E-state index in [4.69, 9.17) is 4.74 Å². The SMILES string of the molecule is O=C1OCc2ccc(Nc3nsc(N4CCc5ccccc54)n3)cc21. The highest BCUT2D eigenvalue weighted by Crippen LogP contribution is 2.36. The minimum Gasteiger partial charge on any atom is -0.457 e. The summed E-state index contributed by atoms with van der Waals surface area (Å²) in [5.74, 6) is 0.259. The summed E-state index contributed by atoms with van der Waals surface area (Å²) in [4.78, 5) is 18.5. The highest BCUT2D eigenvalue weighted by atomic mass is 32.1. The first-order valence-corrected chi connectivity index (χ1v) is 8.81. The van der Waals surface area contributed by atoms with Crippen molar-refractivity contribution in [3.8, 4) is 0 Å². The van der Waals surface area contributed by atoms with E-state index in [0.29, 0.717) is 18.1 Å². The van der Waals surface area contributed by atoms with Crippen LogP contribution < -0.4 is 10.2 Å². The maximum Gasteiger partial charge on any atom is 0.338 e. The van der Waals surface area contributed by atoms with Crippen LogP contribution in [0.1, 0.15) is 21.5 Å². The molecule has 0 bridgehead atoms. The Morgan fingerprint density at radius 2 is 2.08 bits per heavy atom. The van der Waals surface area contributed by atoms with Gasteiger partial charge in [0.25, 0.3) is 0 Å². The molecule has 0 radical (unpaired) electrons. The Balaban J connectivity index is 1.39. The van der Waals surface area contributed by atoms with Crippen molar-refractivity contribution in [2.24, 2.45) is 0 Å². The number of benzene rings is 2. The van der Waals surface area contributed by atoms with E-state index in [1.54, 1.807) is 6.07 Å². The molecule has 7 heteroatoms. The van der Waals surface area contributed by atoms with E-state index in [0.717, 1.165) is 29.3 Å². The first kappa shape index (κ1) is 14.4. The normalized spacial score (nSPS) is 15.0. The zero-order valence-corrected chi connectivity index (χ0v) is 14.0. The lowest BCUT2D eigenvalue weighted by Gasteiger charge is -2.14. The number of para-hydroxylation sites is 1. The molecule has 0 saturated carbocycles. The van der Waals surface area contributed by atoms with Gasteiger partial charge in [-0.05, 0) is 30.2 Å². The molecule has 0 amide bonds. The predicted molar refractivity (Wildman–Crippen MR) is 95.9 cm³/mol. The lowest BCUT2D eigenvalue weighted by molar-refractivity contribution is 0.0535. The summed E-state index contributed by atoms with van der Waals surface area (Å²) < 4.78 is 9.43. The molecular formula is C18H14N4O2S. The van der Waals surface area contributed by atoms with E-state index in [2.05, 4.69) is 37.8 Å². The van der Waals surface area contributed by atoms with E-state index in [1.165, 1.54) is 22.8 Å². The fourth-order valence-corrected chi connectivity index (χ4v) is 3.90. The fourth-order valence-electron chi connectivity index (χ4n) is 3.23. The van der Waals surface area contributed by atoms with Crippen LogP contribution in [0.2, 0.25) is 0 Å². The van der Waals surface area contributed by atoms with Crippen molar-refractivity contribution in [3.63, 3.8) is 0 Å². The van der Waals surface area contributed by atoms with Gasteiger partial charge in [0.05, 0.1) is 5.56 Å². The van der Waals surface area contributed by atoms with Crippen molar-refractivity contribution >= 4 is 40.0 Å². The second-order valence-electron chi connectivity index (χ2n) is 6.00. The van der Waals surface area contributed by atoms with Crippen LogP contribution in [0.4, 0.5) is 22.5 Å². The summed E-state index contributed by atoms with van der Waals surface area (Å²) in [5.41, 5.74) is 4.84. The van der Waals surface area contributed by atoms with Gasteiger partial charge in [0.15, 0.2) is 0 Å². The number of nitrogens with one attached hydrogen (secondary N) is 1. The summed E-state index contributed by atoms with van der Waals surface area (Å²) in [5, 5.41) is 4.04. The van der Waals surface area contributed by atoms with Gasteiger partial charge in [-0.1, -0.05) is 24.3 Å². The first-order chi connectivity index (χ1) is 12.3. The average molecular weight is 350 g/mol. The molecule has 2 aromatic carbocycles. The molecule has 0 unspecified atom stereocenters. The molecule has 2 aliphatic rings. The van der Waals surface area contributed by atoms with Gasteiger partial charge in [-0.25, -0.2) is 4.79 Å². The van der Waals surface area contributed by atoms with Crippen LogP contribution in [0.15, 0.2) is 42.5 Å². The molecule has 1 aromatic heterocycles. The number of rotatable bonds is 3. The minimum absolute atomic E-state index is 0.278. The lowest BCUT2D eigenvalue weighted by Crippen LogP contribution is -2.12. The predicted octanol–water partition coefficient (Wildman–Crippen LogP) is 3.65. The Morgan fingerprint density at radius 3 is 3.04 bits per heavy atom. The molecule has 5 rings (SSSR count). The van der Waals surface area contributed by atoms with Crippen molar-refractivity contribution < 1.29 is 9.53 Å². The Hall–Kier alpha value is -2.93. The van der Waals surface area contributed by atoms with Crippen molar-refractivity contribution in [1.29, 1.82) is 0 Å². The number of fused-ring (bicyclic) bond motifs is 2. The highest BCUT2D eigenvalue weighted by Gasteiger charge is 2.24. The summed E-state index contributed by atoms with van der Waals surface area (Å²) in [6.45, 7) is 1.26. The second kappa shape index (κ2) is 5.56. The third-order valence-corrected chi connectivity index (χ3v) is 5.22. The van der Waals surface area contributed by atoms with Crippen molar-refractivity contribution in [2.75, 3.05) is 16.8 Å². The molecule has 0 atom stereocenters. The maximum absolute atomic E-state index is 11.7. The van der Waals surface area contributed by atoms with E-state index in [1.807, 2.05) is 18.2 Å². The molecule has 0 spiro atoms. The van der Waals surface area contributed by atoms with E-state index >= 15 is 0 Å². The highest BCUT2D eigenvalue weighted by molar-refractivity contribution is 7.10. The van der Waals surface area contributed by atoms with Gasteiger partial charge in [-0.2, -0.15) is 9.36 Å². The van der Waals surface area contributed by atoms with Crippen molar-refractivity contribution in [2.45, 2.75) is 13.0 Å². The Morgan fingerprint density at radius 1 is 1.16 bits per heavy atom. The van der Waals surface area contributed by atoms with Crippen LogP contribution in [0.3, 0.4) is 0 Å². The van der Waals surface area contributed by atoms with Crippen LogP contribution in [0.5, 0.6) is 0 Å². The van der Waals surface area contributed by atoms with Gasteiger partial charge in [0, 0.05) is 35.0 Å². The third-order valence-electron chi connectivity index (χ3n) is 4.48. The quantitative estimate of drug-likeness (QED) is 0.728. The summed E-state index contributed by atoms with van der Waals surface area (Å²) >= 11 is 1.37. The number of carbonyl (C=O) groups is 1. The topological polar surface area (TPSA) is 67.3 Å². The molecule has 0 fully saturated rings. The third kappa shape index (κ3) is 2.44. The molecule has 0 aliphatic carbocycles. The van der Waals surface area contributed by atoms with Crippen LogP contribution in [-0.2, 0) is 17.8 Å². The Labute approximate surface area is 148 Å². The van der Waals surface area contributed by atoms with Crippen LogP contribution in [0.25, 0.3) is 0 Å². The molecule has 3 aromatic rings. The zero-order valence-electron chi connectivity index (χ0n) is 13.2. The number of nitrogens with zero attached hydrogens (tertiary/aromatic N) is 3. The van der Waals surface area contributed by atoms with Crippen LogP contribution in [-0.4, -0.2) is 21.9 Å². The zero-order chi connectivity index (χ0) is 16.8. The number of ether oxygens (including phenoxy) is 1. The summed E-state index contributed by atoms with van der Waals surface area (Å²) in [7, 11) is 0. The number of hydrogen-bond donors (Lipinski definition) is 1. The Kier molecular flexibility index (Phi) is 3.21. The molecule has 0 saturated heterocycles. The largest absolute Gasteiger partial charge is 0.457 e. The van der Waals surface area contributed by atoms with Crippen molar-refractivity contribution in [1.82, 2.24) is 9.36 Å². The Bertz CT molecular complexity index is 985. The molecule has 124 valence electrons. The minimum atomic E-state index is -0.278. The second-order valence-corrected chi connectivity index (χ2v) is 6.73. The number of aromatic nitrogens is 2. The molecular weight excluding hydrogens is 336 g/mol. The fraction of sp³-hybridized carbons (Fsp3) is 0.167. The number of hydrogen-bond acceptors (Lipinski definition) is 7. The van der Waals surface area contributed by atoms with Gasteiger partial charge in [-0.15, -0.1) is 0 Å². The summed E-state index contributed by atoms with van der Waals surface area (Å²) in [6, 6.07) is 14.0. The van der Waals surface area contributed by atoms with Gasteiger partial charge in [-0.3, -0.25) is 0 Å². The molecule has 2 aliphatic heterocycles. The average Bonchev–Trinajstić information content (AvgIpc) is 3.34. The number of carbonyl (C=O) groups excluding carboxylic acids is 1. The van der Waals surface area contributed by atoms with E-state index in [9.17, 15) is 4.79 Å². The van der Waals surface area contributed by atoms with Gasteiger partial charge in [0.1, 0.15) is 6.61 Å².